The number of anilines is 2. The zero-order chi connectivity index (χ0) is 37.6. The number of hydrogen-bond acceptors (Lipinski definition) is 15. The minimum Gasteiger partial charge on any atom is -0.478 e. The first-order valence-electron chi connectivity index (χ1n) is 15.4. The molecule has 6 rings (SSSR count). The fourth-order valence-corrected chi connectivity index (χ4v) is 4.77. The molecule has 0 aliphatic carbocycles. The number of aromatic nitrogens is 8. The van der Waals surface area contributed by atoms with E-state index in [0.717, 1.165) is 11.1 Å². The van der Waals surface area contributed by atoms with E-state index in [-0.39, 0.29) is 48.5 Å². The molecule has 282 valence electrons. The number of nitrogens with two attached hydrogens (primary N) is 2. The number of benzene rings is 2. The van der Waals surface area contributed by atoms with Crippen molar-refractivity contribution in [2.45, 2.75) is 20.5 Å². The number of aliphatic hydroxyl groups is 1. The quantitative estimate of drug-likeness (QED) is 0.0794. The summed E-state index contributed by atoms with van der Waals surface area (Å²) in [6.45, 7) is 2.13. The number of fused-ring (bicyclic) bond motifs is 2. The third-order valence-electron chi connectivity index (χ3n) is 6.98. The van der Waals surface area contributed by atoms with Gasteiger partial charge in [0.1, 0.15) is 12.1 Å². The molecule has 0 saturated carbocycles. The Morgan fingerprint density at radius 2 is 1.32 bits per heavy atom. The summed E-state index contributed by atoms with van der Waals surface area (Å²) in [5.41, 5.74) is 16.1. The summed E-state index contributed by atoms with van der Waals surface area (Å²) in [6.07, 6.45) is 3.19. The Hall–Kier alpha value is -5.95. The van der Waals surface area contributed by atoms with Crippen molar-refractivity contribution in [2.24, 2.45) is 0 Å². The van der Waals surface area contributed by atoms with Gasteiger partial charge in [-0.2, -0.15) is 19.9 Å². The van der Waals surface area contributed by atoms with Gasteiger partial charge >= 0.3 is 17.9 Å². The van der Waals surface area contributed by atoms with Gasteiger partial charge < -0.3 is 49.8 Å². The van der Waals surface area contributed by atoms with E-state index in [2.05, 4.69) is 34.6 Å². The van der Waals surface area contributed by atoms with Crippen LogP contribution < -0.4 is 16.2 Å². The van der Waals surface area contributed by atoms with Gasteiger partial charge in [-0.1, -0.05) is 31.7 Å². The van der Waals surface area contributed by atoms with Crippen LogP contribution in [-0.4, -0.2) is 109 Å². The molecule has 0 spiro atoms. The predicted molar refractivity (Wildman–Crippen MR) is 197 cm³/mol. The zero-order valence-electron chi connectivity index (χ0n) is 28.5. The van der Waals surface area contributed by atoms with Crippen LogP contribution in [0, 0.1) is 0 Å². The first kappa shape index (κ1) is 41.5. The number of halogens is 1. The summed E-state index contributed by atoms with van der Waals surface area (Å²) in [6, 6.07) is 13.9. The van der Waals surface area contributed by atoms with Gasteiger partial charge in [0.2, 0.25) is 5.28 Å². The van der Waals surface area contributed by atoms with Crippen LogP contribution in [0.2, 0.25) is 5.28 Å². The third kappa shape index (κ3) is 11.3. The number of aromatic carboxylic acids is 1. The minimum absolute atomic E-state index is 0. The van der Waals surface area contributed by atoms with Crippen LogP contribution in [0.1, 0.15) is 39.3 Å². The van der Waals surface area contributed by atoms with Crippen LogP contribution >= 0.6 is 11.6 Å². The van der Waals surface area contributed by atoms with Crippen molar-refractivity contribution in [1.29, 1.82) is 0 Å². The topological polar surface area (TPSA) is 251 Å². The van der Waals surface area contributed by atoms with Gasteiger partial charge in [-0.15, -0.1) is 0 Å². The van der Waals surface area contributed by atoms with Gasteiger partial charge in [-0.05, 0) is 47.0 Å². The maximum atomic E-state index is 11.6. The Bertz CT molecular complexity index is 2120. The lowest BCUT2D eigenvalue weighted by atomic mass is 10.1. The molecule has 0 aliphatic heterocycles. The van der Waals surface area contributed by atoms with Crippen molar-refractivity contribution in [1.82, 2.24) is 39.0 Å². The molecule has 4 aromatic heterocycles. The van der Waals surface area contributed by atoms with Crippen LogP contribution in [0.25, 0.3) is 22.3 Å². The Kier molecular flexibility index (Phi) is 15.8. The number of carbonyl (C=O) groups excluding carboxylic acids is 1. The molecule has 0 radical (unpaired) electrons. The number of hydrogen-bond donors (Lipinski definition) is 4. The molecule has 0 bridgehead atoms. The van der Waals surface area contributed by atoms with Crippen LogP contribution in [0.15, 0.2) is 61.2 Å². The Morgan fingerprint density at radius 3 is 1.85 bits per heavy atom. The number of aliphatic hydroxyl groups excluding tert-OH is 1. The fourth-order valence-electron chi connectivity index (χ4n) is 4.60. The van der Waals surface area contributed by atoms with Gasteiger partial charge in [-0.25, -0.2) is 19.6 Å². The van der Waals surface area contributed by atoms with Crippen molar-refractivity contribution in [3.05, 3.63) is 88.7 Å². The second-order valence-electron chi connectivity index (χ2n) is 10.6. The molecule has 0 fully saturated rings. The van der Waals surface area contributed by atoms with E-state index >= 15 is 0 Å². The molecule has 0 aliphatic rings. The second kappa shape index (κ2) is 20.2. The average molecular weight is 753 g/mol. The van der Waals surface area contributed by atoms with E-state index in [4.69, 9.17) is 47.5 Å². The summed E-state index contributed by atoms with van der Waals surface area (Å²) in [5.74, 6) is -0.905. The number of carboxylic acids is 1. The van der Waals surface area contributed by atoms with E-state index in [9.17, 15) is 9.59 Å². The SMILES string of the molecule is C.COC(=O)c1cccc(Cn2cnc3c(N)nc(Cl)nc32)c1.COCCO.COCCOc1nc(N)c2ncn(Cc3cccc(C(=O)O)c3)c2n1. The normalized spacial score (nSPS) is 10.4. The number of nitrogens with zero attached hydrogens (tertiary/aromatic N) is 8. The van der Waals surface area contributed by atoms with Crippen LogP contribution in [0.3, 0.4) is 0 Å². The molecule has 4 heterocycles. The number of esters is 1. The molecule has 19 heteroatoms. The number of carbonyl (C=O) groups is 2. The van der Waals surface area contributed by atoms with E-state index in [1.165, 1.54) is 7.11 Å². The molecular weight excluding hydrogens is 712 g/mol. The van der Waals surface area contributed by atoms with Gasteiger partial charge in [-0.3, -0.25) is 0 Å². The van der Waals surface area contributed by atoms with Crippen molar-refractivity contribution < 1.29 is 38.7 Å². The average Bonchev–Trinajstić information content (AvgIpc) is 3.73. The maximum Gasteiger partial charge on any atom is 0.337 e. The van der Waals surface area contributed by atoms with Gasteiger partial charge in [0, 0.05) is 14.2 Å². The minimum atomic E-state index is -0.974. The number of imidazole rings is 2. The second-order valence-corrected chi connectivity index (χ2v) is 11.0. The molecule has 18 nitrogen and oxygen atoms in total. The molecule has 6 N–H and O–H groups in total. The van der Waals surface area contributed by atoms with Crippen LogP contribution in [0.5, 0.6) is 6.01 Å². The molecule has 0 unspecified atom stereocenters. The largest absolute Gasteiger partial charge is 0.478 e. The highest BCUT2D eigenvalue weighted by molar-refractivity contribution is 6.28. The highest BCUT2D eigenvalue weighted by Gasteiger charge is 2.14. The lowest BCUT2D eigenvalue weighted by Crippen LogP contribution is -2.09. The molecule has 0 atom stereocenters. The Labute approximate surface area is 309 Å². The lowest BCUT2D eigenvalue weighted by molar-refractivity contribution is 0.0599. The summed E-state index contributed by atoms with van der Waals surface area (Å²) >= 11 is 5.84. The number of carboxylic acid groups (broad SMARTS) is 1. The Morgan fingerprint density at radius 1 is 0.774 bits per heavy atom. The third-order valence-corrected chi connectivity index (χ3v) is 7.14. The molecule has 0 saturated heterocycles. The maximum absolute atomic E-state index is 11.6. The summed E-state index contributed by atoms with van der Waals surface area (Å²) in [7, 11) is 4.47. The van der Waals surface area contributed by atoms with Crippen LogP contribution in [0.4, 0.5) is 11.6 Å². The van der Waals surface area contributed by atoms with E-state index < -0.39 is 5.97 Å². The first-order valence-corrected chi connectivity index (χ1v) is 15.8. The summed E-state index contributed by atoms with van der Waals surface area (Å²) < 4.78 is 23.0. The number of methoxy groups -OCH3 is 3. The standard InChI is InChI=1S/C16H17N5O4.C14H12ClN5O2.C3H8O2.CH4/c1-24-5-6-25-16-19-13(17)12-14(20-16)21(9-18-12)8-10-3-2-4-11(7-10)15(22)23;1-22-13(21)9-4-2-3-8(5-9)6-20-7-17-10-11(16)18-14(15)19-12(10)20;1-5-3-2-4;/h2-4,7,9H,5-6,8H2,1H3,(H,22,23)(H2,17,19,20);2-5,7H,6H2,1H3,(H2,16,18,19);4H,2-3H2,1H3;1H4. The number of rotatable bonds is 12. The molecular formula is C34H41ClN10O8. The molecule has 53 heavy (non-hydrogen) atoms. The lowest BCUT2D eigenvalue weighted by Gasteiger charge is -2.07. The van der Waals surface area contributed by atoms with Crippen molar-refractivity contribution in [3.8, 4) is 6.01 Å². The number of nitrogen functional groups attached to an aromatic ring is 2. The van der Waals surface area contributed by atoms with Crippen molar-refractivity contribution >= 4 is 57.5 Å². The monoisotopic (exact) mass is 752 g/mol. The molecule has 0 amide bonds. The van der Waals surface area contributed by atoms with Crippen LogP contribution in [-0.2, 0) is 27.3 Å². The summed E-state index contributed by atoms with van der Waals surface area (Å²) in [4.78, 5) is 47.5. The highest BCUT2D eigenvalue weighted by atomic mass is 35.5. The van der Waals surface area contributed by atoms with Crippen molar-refractivity contribution in [3.63, 3.8) is 0 Å². The molecule has 6 aromatic rings. The van der Waals surface area contributed by atoms with Gasteiger partial charge in [0.25, 0.3) is 0 Å². The Balaban J connectivity index is 0.000000250. The van der Waals surface area contributed by atoms with E-state index in [1.807, 2.05) is 12.1 Å². The highest BCUT2D eigenvalue weighted by Crippen LogP contribution is 2.21. The number of ether oxygens (including phenoxy) is 4. The van der Waals surface area contributed by atoms with Gasteiger partial charge in [0.05, 0.1) is 63.8 Å². The zero-order valence-corrected chi connectivity index (χ0v) is 29.2. The first-order chi connectivity index (χ1) is 25.1. The summed E-state index contributed by atoms with van der Waals surface area (Å²) in [5, 5.41) is 17.1. The fraction of sp³-hybridized carbons (Fsp3) is 0.294. The van der Waals surface area contributed by atoms with E-state index in [0.29, 0.717) is 60.8 Å². The molecule has 2 aromatic carbocycles. The van der Waals surface area contributed by atoms with Crippen molar-refractivity contribution in [2.75, 3.05) is 59.2 Å². The van der Waals surface area contributed by atoms with E-state index in [1.54, 1.807) is 72.4 Å². The predicted octanol–water partition coefficient (Wildman–Crippen LogP) is 3.34. The smallest absolute Gasteiger partial charge is 0.337 e. The van der Waals surface area contributed by atoms with Gasteiger partial charge in [0.15, 0.2) is 28.4 Å².